The zero-order chi connectivity index (χ0) is 22.9. The molecule has 1 amide bonds. The molecule has 0 bridgehead atoms. The first-order chi connectivity index (χ1) is 15.3. The number of anilines is 1. The Balaban J connectivity index is 0.00000306. The van der Waals surface area contributed by atoms with Gasteiger partial charge in [0.2, 0.25) is 0 Å². The highest BCUT2D eigenvalue weighted by molar-refractivity contribution is 6.40. The minimum absolute atomic E-state index is 0. The van der Waals surface area contributed by atoms with Crippen LogP contribution < -0.4 is 34.4 Å². The predicted octanol–water partition coefficient (Wildman–Crippen LogP) is 2.74. The number of likely N-dealkylation sites (tertiary alicyclic amines) is 1. The van der Waals surface area contributed by atoms with E-state index in [0.717, 1.165) is 31.5 Å². The van der Waals surface area contributed by atoms with Crippen molar-refractivity contribution in [3.63, 3.8) is 0 Å². The van der Waals surface area contributed by atoms with Crippen LogP contribution >= 0.6 is 23.2 Å². The minimum Gasteiger partial charge on any atom is -1.00 e. The van der Waals surface area contributed by atoms with Crippen LogP contribution in [0.25, 0.3) is 0 Å². The van der Waals surface area contributed by atoms with E-state index in [1.807, 2.05) is 6.92 Å². The minimum atomic E-state index is -0.308. The number of halogens is 4. The third-order valence-corrected chi connectivity index (χ3v) is 6.96. The first-order valence-corrected chi connectivity index (χ1v) is 11.8. The summed E-state index contributed by atoms with van der Waals surface area (Å²) in [5, 5.41) is 7.53. The third kappa shape index (κ3) is 5.63. The Morgan fingerprint density at radius 3 is 2.42 bits per heavy atom. The number of carbonyl (C=O) groups is 1. The van der Waals surface area contributed by atoms with Gasteiger partial charge in [-0.15, -0.1) is 0 Å². The molecular formula is C24H28Cl2FIN4O. The largest absolute Gasteiger partial charge is 1.00 e. The molecule has 4 rings (SSSR count). The van der Waals surface area contributed by atoms with Gasteiger partial charge in [0.05, 0.1) is 23.8 Å². The van der Waals surface area contributed by atoms with Gasteiger partial charge in [-0.25, -0.2) is 8.98 Å². The van der Waals surface area contributed by atoms with Crippen LogP contribution in [0.5, 0.6) is 0 Å². The maximum Gasteiger partial charge on any atom is 0.312 e. The van der Waals surface area contributed by atoms with E-state index in [2.05, 4.69) is 12.5 Å². The number of nitrogens with one attached hydrogen (secondary N) is 1. The van der Waals surface area contributed by atoms with Gasteiger partial charge in [-0.05, 0) is 61.6 Å². The monoisotopic (exact) mass is 604 g/mol. The summed E-state index contributed by atoms with van der Waals surface area (Å²) < 4.78 is 14.2. The molecule has 2 heterocycles. The van der Waals surface area contributed by atoms with Gasteiger partial charge in [0.15, 0.2) is 0 Å². The zero-order valence-electron chi connectivity index (χ0n) is 18.7. The van der Waals surface area contributed by atoms with Crippen molar-refractivity contribution in [1.82, 2.24) is 5.43 Å². The van der Waals surface area contributed by atoms with Crippen LogP contribution in [0.3, 0.4) is 0 Å². The first-order valence-electron chi connectivity index (χ1n) is 11.1. The molecule has 0 saturated carbocycles. The molecule has 2 unspecified atom stereocenters. The molecule has 2 aromatic carbocycles. The number of rotatable bonds is 5. The summed E-state index contributed by atoms with van der Waals surface area (Å²) in [5.41, 5.74) is 5.20. The van der Waals surface area contributed by atoms with Gasteiger partial charge in [0, 0.05) is 10.9 Å². The molecular weight excluding hydrogens is 577 g/mol. The summed E-state index contributed by atoms with van der Waals surface area (Å²) in [4.78, 5) is 13.4. The maximum atomic E-state index is 13.6. The molecule has 2 aliphatic heterocycles. The normalized spacial score (nSPS) is 21.8. The van der Waals surface area contributed by atoms with Crippen LogP contribution in [0.1, 0.15) is 44.2 Å². The Kier molecular flexibility index (Phi) is 8.64. The smallest absolute Gasteiger partial charge is 0.312 e. The highest BCUT2D eigenvalue weighted by Gasteiger charge is 2.43. The highest BCUT2D eigenvalue weighted by Crippen LogP contribution is 2.43. The summed E-state index contributed by atoms with van der Waals surface area (Å²) in [6.45, 7) is 3.85. The van der Waals surface area contributed by atoms with Crippen LogP contribution in [0, 0.1) is 11.7 Å². The van der Waals surface area contributed by atoms with E-state index >= 15 is 0 Å². The molecule has 0 radical (unpaired) electrons. The number of benzene rings is 2. The van der Waals surface area contributed by atoms with E-state index < -0.39 is 0 Å². The van der Waals surface area contributed by atoms with Gasteiger partial charge in [0.25, 0.3) is 0 Å². The van der Waals surface area contributed by atoms with Gasteiger partial charge in [0.1, 0.15) is 24.6 Å². The highest BCUT2D eigenvalue weighted by atomic mass is 127. The van der Waals surface area contributed by atoms with Crippen LogP contribution in [-0.2, 0) is 4.79 Å². The molecule has 9 heteroatoms. The lowest BCUT2D eigenvalue weighted by Gasteiger charge is -2.36. The molecule has 1 fully saturated rings. The van der Waals surface area contributed by atoms with Crippen LogP contribution in [-0.4, -0.2) is 36.3 Å². The van der Waals surface area contributed by atoms with Crippen LogP contribution in [0.2, 0.25) is 10.0 Å². The number of hydrazone groups is 1. The van der Waals surface area contributed by atoms with Crippen molar-refractivity contribution in [1.29, 1.82) is 0 Å². The SMILES string of the molecule is CCC1C(C(=O)N[N+]2(C)CCCCC2)=NN(c2ccc(Cl)cc2Cl)C1c1ccc(F)cc1.[I-]. The summed E-state index contributed by atoms with van der Waals surface area (Å²) >= 11 is 12.6. The second-order valence-electron chi connectivity index (χ2n) is 8.78. The van der Waals surface area contributed by atoms with Crippen molar-refractivity contribution in [3.8, 4) is 0 Å². The summed E-state index contributed by atoms with van der Waals surface area (Å²) in [6.07, 6.45) is 4.06. The lowest BCUT2D eigenvalue weighted by molar-refractivity contribution is -0.947. The topological polar surface area (TPSA) is 44.7 Å². The molecule has 2 aromatic rings. The first kappa shape index (κ1) is 26.2. The quantitative estimate of drug-likeness (QED) is 0.421. The van der Waals surface area contributed by atoms with Crippen molar-refractivity contribution in [2.45, 2.75) is 38.6 Å². The van der Waals surface area contributed by atoms with Crippen LogP contribution in [0.4, 0.5) is 10.1 Å². The van der Waals surface area contributed by atoms with Crippen molar-refractivity contribution in [2.24, 2.45) is 11.0 Å². The maximum absolute atomic E-state index is 13.6. The molecule has 2 aliphatic rings. The Labute approximate surface area is 221 Å². The Morgan fingerprint density at radius 1 is 1.15 bits per heavy atom. The second kappa shape index (κ2) is 10.9. The summed E-state index contributed by atoms with van der Waals surface area (Å²) in [6, 6.07) is 11.3. The fourth-order valence-corrected chi connectivity index (χ4v) is 5.23. The number of amides is 1. The molecule has 5 nitrogen and oxygen atoms in total. The van der Waals surface area contributed by atoms with E-state index in [0.29, 0.717) is 32.5 Å². The van der Waals surface area contributed by atoms with Gasteiger partial charge < -0.3 is 24.0 Å². The average Bonchev–Trinajstić information content (AvgIpc) is 3.14. The number of hydrogen-bond acceptors (Lipinski definition) is 3. The van der Waals surface area contributed by atoms with Crippen molar-refractivity contribution in [2.75, 3.05) is 25.1 Å². The Hall–Kier alpha value is -1.42. The van der Waals surface area contributed by atoms with E-state index in [9.17, 15) is 9.18 Å². The van der Waals surface area contributed by atoms with Gasteiger partial charge in [-0.2, -0.15) is 10.5 Å². The average molecular weight is 605 g/mol. The van der Waals surface area contributed by atoms with E-state index in [1.165, 1.54) is 18.6 Å². The molecule has 0 aliphatic carbocycles. The van der Waals surface area contributed by atoms with Gasteiger partial charge in [-0.1, -0.05) is 42.3 Å². The predicted molar refractivity (Wildman–Crippen MR) is 127 cm³/mol. The summed E-state index contributed by atoms with van der Waals surface area (Å²) in [7, 11) is 2.05. The lowest BCUT2D eigenvalue weighted by atomic mass is 9.87. The van der Waals surface area contributed by atoms with Gasteiger partial charge in [-0.3, -0.25) is 9.80 Å². The third-order valence-electron chi connectivity index (χ3n) is 6.43. The Bertz CT molecular complexity index is 1030. The number of nitrogens with zero attached hydrogens (tertiary/aromatic N) is 3. The van der Waals surface area contributed by atoms with Crippen molar-refractivity contribution < 1.29 is 37.8 Å². The number of hydrogen-bond donors (Lipinski definition) is 1. The number of carbonyl (C=O) groups excluding carboxylic acids is 1. The standard InChI is InChI=1S/C24H27Cl2FN4O.HI/c1-3-19-22(24(32)29-31(2)13-5-4-6-14-31)28-30(21-12-9-17(25)15-20(21)26)23(19)16-7-10-18(27)11-8-16;/h7-12,15,19,23H,3-6,13-14H2,1-2H3;1H. The number of quaternary nitrogens is 1. The molecule has 178 valence electrons. The van der Waals surface area contributed by atoms with E-state index in [-0.39, 0.29) is 47.7 Å². The van der Waals surface area contributed by atoms with E-state index in [4.69, 9.17) is 28.3 Å². The number of piperidine rings is 1. The molecule has 1 N–H and O–H groups in total. The van der Waals surface area contributed by atoms with E-state index in [1.54, 1.807) is 35.3 Å². The van der Waals surface area contributed by atoms with Crippen LogP contribution in [0.15, 0.2) is 47.6 Å². The molecule has 33 heavy (non-hydrogen) atoms. The Morgan fingerprint density at radius 2 is 1.82 bits per heavy atom. The molecule has 0 spiro atoms. The van der Waals surface area contributed by atoms with Gasteiger partial charge >= 0.3 is 5.91 Å². The fraction of sp³-hybridized carbons (Fsp3) is 0.417. The molecule has 0 aromatic heterocycles. The summed E-state index contributed by atoms with van der Waals surface area (Å²) in [5.74, 6) is -0.651. The lowest BCUT2D eigenvalue weighted by Crippen LogP contribution is -3.00. The zero-order valence-corrected chi connectivity index (χ0v) is 22.4. The molecule has 2 atom stereocenters. The molecule has 1 saturated heterocycles. The second-order valence-corrected chi connectivity index (χ2v) is 9.63. The fourth-order valence-electron chi connectivity index (χ4n) is 4.73. The van der Waals surface area contributed by atoms with Crippen molar-refractivity contribution in [3.05, 3.63) is 63.9 Å². The van der Waals surface area contributed by atoms with Crippen molar-refractivity contribution >= 4 is 40.5 Å².